The minimum absolute atomic E-state index is 0.0904. The van der Waals surface area contributed by atoms with Gasteiger partial charge in [0.15, 0.2) is 0 Å². The molecule has 0 atom stereocenters. The highest BCUT2D eigenvalue weighted by molar-refractivity contribution is 6.17. The van der Waals surface area contributed by atoms with Crippen molar-refractivity contribution in [1.29, 1.82) is 0 Å². The predicted molar refractivity (Wildman–Crippen MR) is 91.4 cm³/mol. The summed E-state index contributed by atoms with van der Waals surface area (Å²) in [6.07, 6.45) is 1.68. The molecule has 1 amide bonds. The smallest absolute Gasteiger partial charge is 0.253 e. The van der Waals surface area contributed by atoms with Gasteiger partial charge in [0, 0.05) is 11.8 Å². The molecule has 0 spiro atoms. The van der Waals surface area contributed by atoms with Crippen LogP contribution in [0.5, 0.6) is 5.75 Å². The van der Waals surface area contributed by atoms with Crippen LogP contribution in [-0.2, 0) is 0 Å². The number of nitrogens with zero attached hydrogens (tertiary/aromatic N) is 1. The van der Waals surface area contributed by atoms with Crippen molar-refractivity contribution in [3.8, 4) is 5.75 Å². The third-order valence-corrected chi connectivity index (χ3v) is 3.77. The number of anilines is 1. The number of aromatic nitrogens is 1. The fraction of sp³-hybridized carbons (Fsp3) is 0.111. The van der Waals surface area contributed by atoms with Gasteiger partial charge in [-0.05, 0) is 43.3 Å². The quantitative estimate of drug-likeness (QED) is 0.703. The second-order valence-corrected chi connectivity index (χ2v) is 5.24. The lowest BCUT2D eigenvalue weighted by Gasteiger charge is -2.06. The highest BCUT2D eigenvalue weighted by Gasteiger charge is 2.24. The Hall–Kier alpha value is -3.28. The zero-order valence-corrected chi connectivity index (χ0v) is 13.2. The SMILES string of the molecule is CCOc1ccc(C(=O)c2c(N)c(C(N)=O)c3ccccn23)cc1. The van der Waals surface area contributed by atoms with Crippen molar-refractivity contribution < 1.29 is 14.3 Å². The summed E-state index contributed by atoms with van der Waals surface area (Å²) >= 11 is 0. The van der Waals surface area contributed by atoms with Gasteiger partial charge in [-0.15, -0.1) is 0 Å². The van der Waals surface area contributed by atoms with Crippen molar-refractivity contribution >= 4 is 22.9 Å². The summed E-state index contributed by atoms with van der Waals surface area (Å²) in [5, 5.41) is 0. The molecule has 6 heteroatoms. The first kappa shape index (κ1) is 15.6. The van der Waals surface area contributed by atoms with Crippen LogP contribution in [-0.4, -0.2) is 22.7 Å². The van der Waals surface area contributed by atoms with Gasteiger partial charge in [0.1, 0.15) is 11.4 Å². The van der Waals surface area contributed by atoms with E-state index in [2.05, 4.69) is 0 Å². The third-order valence-electron chi connectivity index (χ3n) is 3.77. The summed E-state index contributed by atoms with van der Waals surface area (Å²) in [5.74, 6) is -0.272. The van der Waals surface area contributed by atoms with Crippen LogP contribution in [0.25, 0.3) is 5.52 Å². The Labute approximate surface area is 138 Å². The normalized spacial score (nSPS) is 10.7. The molecular formula is C18H17N3O3. The molecule has 122 valence electrons. The maximum Gasteiger partial charge on any atom is 0.253 e. The van der Waals surface area contributed by atoms with Gasteiger partial charge in [0.2, 0.25) is 5.78 Å². The Balaban J connectivity index is 2.13. The molecular weight excluding hydrogens is 306 g/mol. The number of carbonyl (C=O) groups is 2. The van der Waals surface area contributed by atoms with Gasteiger partial charge >= 0.3 is 0 Å². The standard InChI is InChI=1S/C18H17N3O3/c1-2-24-12-8-6-11(7-9-12)17(22)16-15(19)14(18(20)23)13-5-3-4-10-21(13)16/h3-10H,2,19H2,1H3,(H2,20,23). The number of amides is 1. The number of pyridine rings is 1. The molecule has 6 nitrogen and oxygen atoms in total. The first-order valence-electron chi connectivity index (χ1n) is 7.50. The van der Waals surface area contributed by atoms with Crippen molar-refractivity contribution in [3.63, 3.8) is 0 Å². The Bertz CT molecular complexity index is 927. The molecule has 1 aromatic carbocycles. The van der Waals surface area contributed by atoms with Gasteiger partial charge in [-0.3, -0.25) is 9.59 Å². The van der Waals surface area contributed by atoms with Crippen LogP contribution in [0.4, 0.5) is 5.69 Å². The van der Waals surface area contributed by atoms with Crippen molar-refractivity contribution in [1.82, 2.24) is 4.40 Å². The Morgan fingerprint density at radius 1 is 1.12 bits per heavy atom. The van der Waals surface area contributed by atoms with Gasteiger partial charge in [-0.2, -0.15) is 0 Å². The highest BCUT2D eigenvalue weighted by Crippen LogP contribution is 2.28. The average molecular weight is 323 g/mol. The molecule has 0 bridgehead atoms. The largest absolute Gasteiger partial charge is 0.494 e. The van der Waals surface area contributed by atoms with Gasteiger partial charge in [0.25, 0.3) is 5.91 Å². The number of ketones is 1. The topological polar surface area (TPSA) is 99.8 Å². The monoisotopic (exact) mass is 323 g/mol. The fourth-order valence-corrected chi connectivity index (χ4v) is 2.72. The Kier molecular flexibility index (Phi) is 3.95. The Morgan fingerprint density at radius 3 is 2.46 bits per heavy atom. The van der Waals surface area contributed by atoms with E-state index >= 15 is 0 Å². The van der Waals surface area contributed by atoms with E-state index < -0.39 is 5.91 Å². The third kappa shape index (κ3) is 2.48. The lowest BCUT2D eigenvalue weighted by atomic mass is 10.1. The lowest BCUT2D eigenvalue weighted by molar-refractivity contribution is 0.100. The van der Waals surface area contributed by atoms with E-state index in [1.807, 2.05) is 6.92 Å². The predicted octanol–water partition coefficient (Wildman–Crippen LogP) is 2.25. The number of hydrogen-bond donors (Lipinski definition) is 2. The molecule has 0 fully saturated rings. The number of fused-ring (bicyclic) bond motifs is 1. The van der Waals surface area contributed by atoms with Crippen LogP contribution in [0.15, 0.2) is 48.7 Å². The molecule has 0 aliphatic heterocycles. The van der Waals surface area contributed by atoms with E-state index in [-0.39, 0.29) is 22.7 Å². The van der Waals surface area contributed by atoms with E-state index in [9.17, 15) is 9.59 Å². The van der Waals surface area contributed by atoms with E-state index in [4.69, 9.17) is 16.2 Å². The number of hydrogen-bond acceptors (Lipinski definition) is 4. The molecule has 0 saturated carbocycles. The van der Waals surface area contributed by atoms with Crippen LogP contribution in [0.2, 0.25) is 0 Å². The minimum atomic E-state index is -0.665. The molecule has 2 heterocycles. The van der Waals surface area contributed by atoms with E-state index in [1.54, 1.807) is 53.1 Å². The van der Waals surface area contributed by atoms with E-state index in [0.29, 0.717) is 23.4 Å². The Morgan fingerprint density at radius 2 is 1.83 bits per heavy atom. The summed E-state index contributed by atoms with van der Waals surface area (Å²) < 4.78 is 6.96. The number of nitrogen functional groups attached to an aromatic ring is 1. The van der Waals surface area contributed by atoms with Crippen molar-refractivity contribution in [2.24, 2.45) is 5.73 Å². The second-order valence-electron chi connectivity index (χ2n) is 5.24. The lowest BCUT2D eigenvalue weighted by Crippen LogP contribution is -2.13. The van der Waals surface area contributed by atoms with Gasteiger partial charge in [0.05, 0.1) is 23.4 Å². The summed E-state index contributed by atoms with van der Waals surface area (Å²) in [5.41, 5.74) is 12.9. The van der Waals surface area contributed by atoms with Gasteiger partial charge < -0.3 is 20.6 Å². The highest BCUT2D eigenvalue weighted by atomic mass is 16.5. The van der Waals surface area contributed by atoms with Crippen LogP contribution >= 0.6 is 0 Å². The summed E-state index contributed by atoms with van der Waals surface area (Å²) in [4.78, 5) is 24.6. The number of nitrogens with two attached hydrogens (primary N) is 2. The maximum atomic E-state index is 12.9. The molecule has 4 N–H and O–H groups in total. The summed E-state index contributed by atoms with van der Waals surface area (Å²) in [7, 11) is 0. The molecule has 24 heavy (non-hydrogen) atoms. The second kappa shape index (κ2) is 6.08. The number of carbonyl (C=O) groups excluding carboxylic acids is 2. The summed E-state index contributed by atoms with van der Waals surface area (Å²) in [6.45, 7) is 2.43. The van der Waals surface area contributed by atoms with Crippen molar-refractivity contribution in [2.45, 2.75) is 6.92 Å². The zero-order chi connectivity index (χ0) is 17.3. The van der Waals surface area contributed by atoms with Crippen LogP contribution < -0.4 is 16.2 Å². The maximum absolute atomic E-state index is 12.9. The van der Waals surface area contributed by atoms with Gasteiger partial charge in [-0.1, -0.05) is 6.07 Å². The van der Waals surface area contributed by atoms with Crippen LogP contribution in [0.1, 0.15) is 33.3 Å². The summed E-state index contributed by atoms with van der Waals surface area (Å²) in [6, 6.07) is 12.0. The zero-order valence-electron chi connectivity index (χ0n) is 13.2. The molecule has 2 aromatic heterocycles. The number of rotatable bonds is 5. The van der Waals surface area contributed by atoms with E-state index in [1.165, 1.54) is 0 Å². The average Bonchev–Trinajstić information content (AvgIpc) is 2.87. The van der Waals surface area contributed by atoms with Gasteiger partial charge in [-0.25, -0.2) is 0 Å². The molecule has 3 aromatic rings. The molecule has 3 rings (SSSR count). The minimum Gasteiger partial charge on any atom is -0.494 e. The first-order chi connectivity index (χ1) is 11.5. The molecule has 0 aliphatic rings. The molecule has 0 aliphatic carbocycles. The van der Waals surface area contributed by atoms with E-state index in [0.717, 1.165) is 0 Å². The molecule has 0 saturated heterocycles. The first-order valence-corrected chi connectivity index (χ1v) is 7.50. The molecule has 0 radical (unpaired) electrons. The number of primary amides is 1. The number of benzene rings is 1. The van der Waals surface area contributed by atoms with Crippen LogP contribution in [0.3, 0.4) is 0 Å². The van der Waals surface area contributed by atoms with Crippen molar-refractivity contribution in [3.05, 3.63) is 65.5 Å². The van der Waals surface area contributed by atoms with Crippen LogP contribution in [0, 0.1) is 0 Å². The van der Waals surface area contributed by atoms with Crippen molar-refractivity contribution in [2.75, 3.05) is 12.3 Å². The molecule has 0 unspecified atom stereocenters. The fourth-order valence-electron chi connectivity index (χ4n) is 2.72. The number of ether oxygens (including phenoxy) is 1.